The average molecular weight is 327 g/mol. The molecule has 1 heterocycles. The van der Waals surface area contributed by atoms with Crippen LogP contribution in [-0.2, 0) is 0 Å². The van der Waals surface area contributed by atoms with E-state index in [-0.39, 0.29) is 12.6 Å². The standard InChI is InChI=1S/C15H23BrN2O/c16-13-6-4-12(5-7-13)15(17)8-10-18-9-2-1-3-14(18)11-19/h4-7,14-15,19H,1-3,8-11,17H2. The highest BCUT2D eigenvalue weighted by Gasteiger charge is 2.21. The predicted octanol–water partition coefficient (Wildman–Crippen LogP) is 2.69. The van der Waals surface area contributed by atoms with Crippen LogP contribution in [0.1, 0.15) is 37.3 Å². The lowest BCUT2D eigenvalue weighted by molar-refractivity contribution is 0.0875. The van der Waals surface area contributed by atoms with E-state index >= 15 is 0 Å². The number of nitrogens with two attached hydrogens (primary N) is 1. The van der Waals surface area contributed by atoms with Gasteiger partial charge in [0.05, 0.1) is 6.61 Å². The number of hydrogen-bond donors (Lipinski definition) is 2. The minimum Gasteiger partial charge on any atom is -0.395 e. The van der Waals surface area contributed by atoms with Gasteiger partial charge in [-0.2, -0.15) is 0 Å². The van der Waals surface area contributed by atoms with Gasteiger partial charge < -0.3 is 10.8 Å². The third-order valence-corrected chi connectivity index (χ3v) is 4.51. The summed E-state index contributed by atoms with van der Waals surface area (Å²) in [4.78, 5) is 2.39. The average Bonchev–Trinajstić information content (AvgIpc) is 2.45. The van der Waals surface area contributed by atoms with Crippen LogP contribution >= 0.6 is 15.9 Å². The summed E-state index contributed by atoms with van der Waals surface area (Å²) in [6.07, 6.45) is 4.53. The molecule has 0 aromatic heterocycles. The molecule has 1 aromatic carbocycles. The number of aliphatic hydroxyl groups is 1. The quantitative estimate of drug-likeness (QED) is 0.874. The Morgan fingerprint density at radius 3 is 2.74 bits per heavy atom. The molecule has 106 valence electrons. The fourth-order valence-electron chi connectivity index (χ4n) is 2.74. The maximum atomic E-state index is 9.40. The molecular formula is C15H23BrN2O. The van der Waals surface area contributed by atoms with Crippen LogP contribution in [0.4, 0.5) is 0 Å². The van der Waals surface area contributed by atoms with Crippen LogP contribution in [-0.4, -0.2) is 35.7 Å². The van der Waals surface area contributed by atoms with Crippen LogP contribution in [0.5, 0.6) is 0 Å². The molecule has 3 N–H and O–H groups in total. The van der Waals surface area contributed by atoms with Crippen molar-refractivity contribution in [3.63, 3.8) is 0 Å². The van der Waals surface area contributed by atoms with Crippen molar-refractivity contribution in [2.45, 2.75) is 37.8 Å². The molecule has 2 atom stereocenters. The summed E-state index contributed by atoms with van der Waals surface area (Å²) in [5.41, 5.74) is 7.43. The fraction of sp³-hybridized carbons (Fsp3) is 0.600. The van der Waals surface area contributed by atoms with Crippen LogP contribution in [0.3, 0.4) is 0 Å². The summed E-state index contributed by atoms with van der Waals surface area (Å²) in [6.45, 7) is 2.34. The van der Waals surface area contributed by atoms with E-state index in [1.54, 1.807) is 0 Å². The summed E-state index contributed by atoms with van der Waals surface area (Å²) < 4.78 is 1.08. The fourth-order valence-corrected chi connectivity index (χ4v) is 3.01. The van der Waals surface area contributed by atoms with Gasteiger partial charge in [0, 0.05) is 23.1 Å². The molecule has 0 radical (unpaired) electrons. The highest BCUT2D eigenvalue weighted by Crippen LogP contribution is 2.21. The Balaban J connectivity index is 1.85. The van der Waals surface area contributed by atoms with Crippen molar-refractivity contribution in [3.05, 3.63) is 34.3 Å². The van der Waals surface area contributed by atoms with Crippen molar-refractivity contribution in [3.8, 4) is 0 Å². The van der Waals surface area contributed by atoms with Gasteiger partial charge in [0.1, 0.15) is 0 Å². The molecule has 1 aliphatic heterocycles. The van der Waals surface area contributed by atoms with E-state index in [2.05, 4.69) is 33.0 Å². The van der Waals surface area contributed by atoms with Gasteiger partial charge in [-0.25, -0.2) is 0 Å². The van der Waals surface area contributed by atoms with Crippen molar-refractivity contribution in [2.75, 3.05) is 19.7 Å². The first kappa shape index (κ1) is 15.0. The molecule has 0 amide bonds. The second-order valence-corrected chi connectivity index (χ2v) is 6.23. The number of piperidine rings is 1. The monoisotopic (exact) mass is 326 g/mol. The first-order valence-corrected chi connectivity index (χ1v) is 7.86. The summed E-state index contributed by atoms with van der Waals surface area (Å²) in [6, 6.07) is 8.64. The number of rotatable bonds is 5. The summed E-state index contributed by atoms with van der Waals surface area (Å²) in [7, 11) is 0. The smallest absolute Gasteiger partial charge is 0.0586 e. The Hall–Kier alpha value is -0.420. The van der Waals surface area contributed by atoms with Gasteiger partial charge in [0.2, 0.25) is 0 Å². The van der Waals surface area contributed by atoms with Crippen LogP contribution < -0.4 is 5.73 Å². The van der Waals surface area contributed by atoms with Crippen molar-refractivity contribution < 1.29 is 5.11 Å². The summed E-state index contributed by atoms with van der Waals surface area (Å²) in [5.74, 6) is 0. The molecule has 0 aliphatic carbocycles. The third-order valence-electron chi connectivity index (χ3n) is 3.99. The maximum absolute atomic E-state index is 9.40. The van der Waals surface area contributed by atoms with Gasteiger partial charge in [-0.15, -0.1) is 0 Å². The Bertz CT molecular complexity index is 382. The van der Waals surface area contributed by atoms with Crippen LogP contribution in [0.15, 0.2) is 28.7 Å². The van der Waals surface area contributed by atoms with E-state index in [0.29, 0.717) is 6.04 Å². The topological polar surface area (TPSA) is 49.5 Å². The molecule has 4 heteroatoms. The molecule has 2 rings (SSSR count). The van der Waals surface area contributed by atoms with E-state index in [9.17, 15) is 5.11 Å². The first-order valence-electron chi connectivity index (χ1n) is 7.06. The minimum atomic E-state index is 0.0781. The lowest BCUT2D eigenvalue weighted by Gasteiger charge is -2.35. The Labute approximate surface area is 123 Å². The molecule has 2 unspecified atom stereocenters. The molecule has 0 bridgehead atoms. The summed E-state index contributed by atoms with van der Waals surface area (Å²) >= 11 is 3.44. The van der Waals surface area contributed by atoms with Crippen molar-refractivity contribution in [2.24, 2.45) is 5.73 Å². The molecule has 1 aliphatic rings. The van der Waals surface area contributed by atoms with E-state index < -0.39 is 0 Å². The zero-order valence-electron chi connectivity index (χ0n) is 11.3. The number of halogens is 1. The molecule has 0 saturated carbocycles. The molecule has 3 nitrogen and oxygen atoms in total. The third kappa shape index (κ3) is 4.28. The van der Waals surface area contributed by atoms with Crippen LogP contribution in [0.2, 0.25) is 0 Å². The van der Waals surface area contributed by atoms with E-state index in [0.717, 1.165) is 30.4 Å². The largest absolute Gasteiger partial charge is 0.395 e. The lowest BCUT2D eigenvalue weighted by atomic mass is 10.0. The van der Waals surface area contributed by atoms with Gasteiger partial charge >= 0.3 is 0 Å². The number of nitrogens with zero attached hydrogens (tertiary/aromatic N) is 1. The van der Waals surface area contributed by atoms with Gasteiger partial charge in [-0.05, 0) is 43.5 Å². The van der Waals surface area contributed by atoms with Crippen molar-refractivity contribution in [1.82, 2.24) is 4.90 Å². The number of likely N-dealkylation sites (tertiary alicyclic amines) is 1. The zero-order valence-corrected chi connectivity index (χ0v) is 12.8. The van der Waals surface area contributed by atoms with Crippen molar-refractivity contribution >= 4 is 15.9 Å². The van der Waals surface area contributed by atoms with Gasteiger partial charge in [-0.1, -0.05) is 34.5 Å². The molecule has 0 spiro atoms. The maximum Gasteiger partial charge on any atom is 0.0586 e. The van der Waals surface area contributed by atoms with Crippen molar-refractivity contribution in [1.29, 1.82) is 0 Å². The molecule has 1 fully saturated rings. The highest BCUT2D eigenvalue weighted by atomic mass is 79.9. The molecular weight excluding hydrogens is 304 g/mol. The van der Waals surface area contributed by atoms with E-state index in [1.165, 1.54) is 18.4 Å². The van der Waals surface area contributed by atoms with Crippen LogP contribution in [0, 0.1) is 0 Å². The second-order valence-electron chi connectivity index (χ2n) is 5.31. The van der Waals surface area contributed by atoms with Gasteiger partial charge in [0.25, 0.3) is 0 Å². The normalized spacial score (nSPS) is 22.4. The van der Waals surface area contributed by atoms with E-state index in [1.807, 2.05) is 12.1 Å². The predicted molar refractivity (Wildman–Crippen MR) is 82.0 cm³/mol. The van der Waals surface area contributed by atoms with Crippen LogP contribution in [0.25, 0.3) is 0 Å². The molecule has 1 aromatic rings. The first-order chi connectivity index (χ1) is 9.20. The van der Waals surface area contributed by atoms with E-state index in [4.69, 9.17) is 5.73 Å². The molecule has 1 saturated heterocycles. The minimum absolute atomic E-state index is 0.0781. The molecule has 19 heavy (non-hydrogen) atoms. The zero-order chi connectivity index (χ0) is 13.7. The Morgan fingerprint density at radius 1 is 1.32 bits per heavy atom. The Morgan fingerprint density at radius 2 is 2.05 bits per heavy atom. The number of aliphatic hydroxyl groups excluding tert-OH is 1. The lowest BCUT2D eigenvalue weighted by Crippen LogP contribution is -2.42. The SMILES string of the molecule is NC(CCN1CCCCC1CO)c1ccc(Br)cc1. The highest BCUT2D eigenvalue weighted by molar-refractivity contribution is 9.10. The Kier molecular flexibility index (Phi) is 5.82. The van der Waals surface area contributed by atoms with Gasteiger partial charge in [-0.3, -0.25) is 4.90 Å². The van der Waals surface area contributed by atoms with Gasteiger partial charge in [0.15, 0.2) is 0 Å². The summed E-state index contributed by atoms with van der Waals surface area (Å²) in [5, 5.41) is 9.40. The second kappa shape index (κ2) is 7.39. The number of benzene rings is 1. The number of hydrogen-bond acceptors (Lipinski definition) is 3.